The molecule has 0 heterocycles. The molecule has 0 saturated heterocycles. The van der Waals surface area contributed by atoms with Crippen LogP contribution in [0.2, 0.25) is 0 Å². The smallest absolute Gasteiger partial charge is 0.340 e. The van der Waals surface area contributed by atoms with Crippen molar-refractivity contribution in [3.05, 3.63) is 65.7 Å². The number of amides is 3. The zero-order chi connectivity index (χ0) is 22.6. The summed E-state index contributed by atoms with van der Waals surface area (Å²) in [5.41, 5.74) is 1.29. The fraction of sp³-hybridized carbons (Fsp3) is 0.304. The van der Waals surface area contributed by atoms with E-state index in [4.69, 9.17) is 4.74 Å². The maximum Gasteiger partial charge on any atom is 0.340 e. The minimum atomic E-state index is -0.738. The van der Waals surface area contributed by atoms with Gasteiger partial charge in [-0.3, -0.25) is 14.4 Å². The Morgan fingerprint density at radius 2 is 1.58 bits per heavy atom. The van der Waals surface area contributed by atoms with Crippen molar-refractivity contribution in [2.24, 2.45) is 0 Å². The van der Waals surface area contributed by atoms with Crippen LogP contribution in [0.3, 0.4) is 0 Å². The molecule has 164 valence electrons. The highest BCUT2D eigenvalue weighted by Gasteiger charge is 2.19. The Hall–Kier alpha value is -3.68. The Balaban J connectivity index is 1.97. The molecular weight excluding hydrogens is 398 g/mol. The van der Waals surface area contributed by atoms with E-state index in [1.807, 2.05) is 30.3 Å². The van der Waals surface area contributed by atoms with Crippen LogP contribution in [-0.4, -0.2) is 54.8 Å². The maximum absolute atomic E-state index is 12.5. The summed E-state index contributed by atoms with van der Waals surface area (Å²) >= 11 is 0. The van der Waals surface area contributed by atoms with Crippen LogP contribution in [0.15, 0.2) is 54.6 Å². The third-order valence-corrected chi connectivity index (χ3v) is 4.40. The lowest BCUT2D eigenvalue weighted by molar-refractivity contribution is -0.138. The highest BCUT2D eigenvalue weighted by molar-refractivity contribution is 6.02. The number of anilines is 1. The van der Waals surface area contributed by atoms with Crippen LogP contribution in [0, 0.1) is 0 Å². The fourth-order valence-electron chi connectivity index (χ4n) is 2.84. The summed E-state index contributed by atoms with van der Waals surface area (Å²) in [5.74, 6) is -1.78. The molecule has 2 rings (SSSR count). The number of likely N-dealkylation sites (N-methyl/N-ethyl adjacent to an activating group) is 2. The zero-order valence-corrected chi connectivity index (χ0v) is 17.7. The minimum absolute atomic E-state index is 0.104. The zero-order valence-electron chi connectivity index (χ0n) is 17.7. The Morgan fingerprint density at radius 1 is 0.903 bits per heavy atom. The van der Waals surface area contributed by atoms with Gasteiger partial charge in [-0.25, -0.2) is 4.79 Å². The van der Waals surface area contributed by atoms with Gasteiger partial charge >= 0.3 is 5.97 Å². The molecule has 0 aromatic heterocycles. The average Bonchev–Trinajstić information content (AvgIpc) is 2.76. The van der Waals surface area contributed by atoms with E-state index in [0.717, 1.165) is 5.56 Å². The molecule has 0 spiro atoms. The van der Waals surface area contributed by atoms with E-state index in [-0.39, 0.29) is 30.3 Å². The second-order valence-corrected chi connectivity index (χ2v) is 6.69. The second kappa shape index (κ2) is 12.1. The van der Waals surface area contributed by atoms with Gasteiger partial charge in [0.25, 0.3) is 5.91 Å². The second-order valence-electron chi connectivity index (χ2n) is 6.69. The quantitative estimate of drug-likeness (QED) is 0.567. The summed E-state index contributed by atoms with van der Waals surface area (Å²) in [6, 6.07) is 15.7. The molecule has 0 bridgehead atoms. The SMILES string of the molecule is CCNC(=O)CN(CC)C(=O)COC(=O)c1ccccc1NC(=O)Cc1ccccc1. The van der Waals surface area contributed by atoms with Gasteiger partial charge in [-0.2, -0.15) is 0 Å². The number of carbonyl (C=O) groups excluding carboxylic acids is 4. The molecule has 8 heteroatoms. The van der Waals surface area contributed by atoms with E-state index in [1.165, 1.54) is 11.0 Å². The van der Waals surface area contributed by atoms with Crippen LogP contribution < -0.4 is 10.6 Å². The van der Waals surface area contributed by atoms with Crippen LogP contribution in [-0.2, 0) is 25.5 Å². The molecule has 8 nitrogen and oxygen atoms in total. The number of hydrogen-bond acceptors (Lipinski definition) is 5. The lowest BCUT2D eigenvalue weighted by atomic mass is 10.1. The van der Waals surface area contributed by atoms with E-state index in [1.54, 1.807) is 32.0 Å². The number of hydrogen-bond donors (Lipinski definition) is 2. The lowest BCUT2D eigenvalue weighted by Crippen LogP contribution is -2.42. The van der Waals surface area contributed by atoms with Crippen molar-refractivity contribution in [1.82, 2.24) is 10.2 Å². The molecule has 0 unspecified atom stereocenters. The third kappa shape index (κ3) is 7.58. The summed E-state index contributed by atoms with van der Waals surface area (Å²) in [4.78, 5) is 50.2. The summed E-state index contributed by atoms with van der Waals surface area (Å²) in [5, 5.41) is 5.33. The molecule has 0 aliphatic carbocycles. The first kappa shape index (κ1) is 23.6. The largest absolute Gasteiger partial charge is 0.452 e. The normalized spacial score (nSPS) is 10.1. The molecule has 0 fully saturated rings. The highest BCUT2D eigenvalue weighted by atomic mass is 16.5. The van der Waals surface area contributed by atoms with Gasteiger partial charge in [0.1, 0.15) is 0 Å². The molecule has 0 radical (unpaired) electrons. The van der Waals surface area contributed by atoms with E-state index < -0.39 is 18.5 Å². The van der Waals surface area contributed by atoms with Crippen LogP contribution in [0.1, 0.15) is 29.8 Å². The highest BCUT2D eigenvalue weighted by Crippen LogP contribution is 2.17. The Morgan fingerprint density at radius 3 is 2.26 bits per heavy atom. The monoisotopic (exact) mass is 425 g/mol. The molecule has 0 saturated carbocycles. The van der Waals surface area contributed by atoms with Crippen molar-refractivity contribution in [3.63, 3.8) is 0 Å². The molecule has 0 aliphatic rings. The Bertz CT molecular complexity index is 914. The van der Waals surface area contributed by atoms with Crippen LogP contribution in [0.25, 0.3) is 0 Å². The molecule has 31 heavy (non-hydrogen) atoms. The summed E-state index contributed by atoms with van der Waals surface area (Å²) < 4.78 is 5.14. The van der Waals surface area contributed by atoms with Crippen molar-refractivity contribution in [2.75, 3.05) is 31.6 Å². The minimum Gasteiger partial charge on any atom is -0.452 e. The Kier molecular flexibility index (Phi) is 9.22. The lowest BCUT2D eigenvalue weighted by Gasteiger charge is -2.20. The molecule has 2 N–H and O–H groups in total. The van der Waals surface area contributed by atoms with Gasteiger partial charge < -0.3 is 20.3 Å². The first-order chi connectivity index (χ1) is 14.9. The maximum atomic E-state index is 12.5. The van der Waals surface area contributed by atoms with Gasteiger partial charge in [0.2, 0.25) is 11.8 Å². The number of benzene rings is 2. The number of nitrogens with one attached hydrogen (secondary N) is 2. The third-order valence-electron chi connectivity index (χ3n) is 4.40. The number of carbonyl (C=O) groups is 4. The van der Waals surface area contributed by atoms with E-state index in [9.17, 15) is 19.2 Å². The molecular formula is C23H27N3O5. The van der Waals surface area contributed by atoms with Crippen LogP contribution in [0.5, 0.6) is 0 Å². The number of esters is 1. The topological polar surface area (TPSA) is 105 Å². The van der Waals surface area contributed by atoms with Crippen molar-refractivity contribution >= 4 is 29.4 Å². The standard InChI is InChI=1S/C23H27N3O5/c1-3-24-21(28)15-26(4-2)22(29)16-31-23(30)18-12-8-9-13-19(18)25-20(27)14-17-10-6-5-7-11-17/h5-13H,3-4,14-16H2,1-2H3,(H,24,28)(H,25,27). The van der Waals surface area contributed by atoms with Crippen molar-refractivity contribution in [3.8, 4) is 0 Å². The van der Waals surface area contributed by atoms with Gasteiger partial charge in [-0.1, -0.05) is 42.5 Å². The van der Waals surface area contributed by atoms with Crippen molar-refractivity contribution in [2.45, 2.75) is 20.3 Å². The summed E-state index contributed by atoms with van der Waals surface area (Å²) in [6.07, 6.45) is 0.161. The van der Waals surface area contributed by atoms with Crippen molar-refractivity contribution in [1.29, 1.82) is 0 Å². The molecule has 2 aromatic rings. The van der Waals surface area contributed by atoms with E-state index in [2.05, 4.69) is 10.6 Å². The Labute approximate surface area is 181 Å². The van der Waals surface area contributed by atoms with E-state index >= 15 is 0 Å². The first-order valence-electron chi connectivity index (χ1n) is 10.1. The predicted octanol–water partition coefficient (Wildman–Crippen LogP) is 2.01. The van der Waals surface area contributed by atoms with Gasteiger partial charge in [0.05, 0.1) is 24.2 Å². The van der Waals surface area contributed by atoms with Gasteiger partial charge in [-0.15, -0.1) is 0 Å². The van der Waals surface area contributed by atoms with Crippen LogP contribution in [0.4, 0.5) is 5.69 Å². The van der Waals surface area contributed by atoms with Gasteiger partial charge in [0.15, 0.2) is 6.61 Å². The molecule has 0 aliphatic heterocycles. The summed E-state index contributed by atoms with van der Waals surface area (Å²) in [6.45, 7) is 3.68. The molecule has 3 amide bonds. The molecule has 2 aromatic carbocycles. The summed E-state index contributed by atoms with van der Waals surface area (Å²) in [7, 11) is 0. The first-order valence-corrected chi connectivity index (χ1v) is 10.1. The number of rotatable bonds is 10. The number of ether oxygens (including phenoxy) is 1. The fourth-order valence-corrected chi connectivity index (χ4v) is 2.84. The van der Waals surface area contributed by atoms with Crippen LogP contribution >= 0.6 is 0 Å². The van der Waals surface area contributed by atoms with E-state index in [0.29, 0.717) is 18.8 Å². The average molecular weight is 425 g/mol. The van der Waals surface area contributed by atoms with Crippen molar-refractivity contribution < 1.29 is 23.9 Å². The molecule has 0 atom stereocenters. The number of nitrogens with zero attached hydrogens (tertiary/aromatic N) is 1. The predicted molar refractivity (Wildman–Crippen MR) is 116 cm³/mol. The number of para-hydroxylation sites is 1. The van der Waals surface area contributed by atoms with Gasteiger partial charge in [0, 0.05) is 13.1 Å². The van der Waals surface area contributed by atoms with Gasteiger partial charge in [-0.05, 0) is 31.5 Å².